The second kappa shape index (κ2) is 70.5. The third-order valence-corrected chi connectivity index (χ3v) is 8.41. The Labute approximate surface area is 861 Å². The number of fused-ring (bicyclic) bond motifs is 3. The Morgan fingerprint density at radius 3 is 1.51 bits per heavy atom. The van der Waals surface area contributed by atoms with Gasteiger partial charge in [-0.1, -0.05) is 11.6 Å². The molecule has 0 amide bonds. The molecule has 8 rings (SSSR count). The van der Waals surface area contributed by atoms with Gasteiger partial charge in [-0.2, -0.15) is 10.5 Å². The van der Waals surface area contributed by atoms with E-state index in [0.717, 1.165) is 14.5 Å². The van der Waals surface area contributed by atoms with E-state index < -0.39 is 4.92 Å². The number of aromatic nitrogens is 11. The van der Waals surface area contributed by atoms with Gasteiger partial charge in [0.05, 0.1) is 53.1 Å². The number of nitrogen functional groups attached to an aromatic ring is 1. The number of methoxy groups -OCH3 is 1. The van der Waals surface area contributed by atoms with Crippen LogP contribution >= 0.6 is 59.4 Å². The molecule has 0 spiro atoms. The van der Waals surface area contributed by atoms with Crippen LogP contribution in [0.2, 0.25) is 5.15 Å². The first-order valence-electron chi connectivity index (χ1n) is 21.8. The molecule has 314 valence electrons. The van der Waals surface area contributed by atoms with Crippen LogP contribution in [-0.4, -0.2) is 446 Å². The SMILES string of the molecule is COc1cnc2c(Cl)ncnc2c1.Cc1cnc2c(=O)[nH]cnc2c1.N#Cc1ncc(Br)cc1N.N#Cc1ncc(Br)cc1[N+](=O)[O-].O=c1[nH]cnc2cc(Br)cnc12.[H-].[H-].[H-].[K+].[K+].[K+].[K][K].[K][K].[K][K].[K][K].[K][K].[K][K]. The second-order valence-electron chi connectivity index (χ2n) is 10.9. The molecular formula is C35H26Br3ClK15N15O5. The molecule has 0 radical (unpaired) electrons. The van der Waals surface area contributed by atoms with Gasteiger partial charge in [-0.05, 0) is 78.5 Å². The van der Waals surface area contributed by atoms with Crippen LogP contribution in [0.25, 0.3) is 33.1 Å². The Morgan fingerprint density at radius 2 is 1.04 bits per heavy atom. The number of rotatable bonds is 2. The van der Waals surface area contributed by atoms with Crippen molar-refractivity contribution in [3.63, 3.8) is 0 Å². The topological polar surface area (TPSA) is 308 Å². The van der Waals surface area contributed by atoms with Gasteiger partial charge in [-0.15, -0.1) is 0 Å². The molecule has 0 aromatic carbocycles. The van der Waals surface area contributed by atoms with Crippen LogP contribution in [0.1, 0.15) is 21.2 Å². The van der Waals surface area contributed by atoms with Crippen molar-refractivity contribution >= 4 is 483 Å². The molecule has 0 saturated heterocycles. The van der Waals surface area contributed by atoms with Gasteiger partial charge >= 0.3 is 539 Å². The molecule has 8 heterocycles. The van der Waals surface area contributed by atoms with E-state index >= 15 is 0 Å². The van der Waals surface area contributed by atoms with Gasteiger partial charge in [-0.25, -0.2) is 44.9 Å². The number of hydrogen-bond donors (Lipinski definition) is 3. The molecule has 0 atom stereocenters. The maximum atomic E-state index is 11.1. The predicted octanol–water partition coefficient (Wildman–Crippen LogP) is -6.90. The monoisotopic (exact) mass is 1590 g/mol. The van der Waals surface area contributed by atoms with Crippen LogP contribution < -0.4 is 176 Å². The summed E-state index contributed by atoms with van der Waals surface area (Å²) >= 11 is 30.2. The fourth-order valence-electron chi connectivity index (χ4n) is 4.20. The molecule has 0 bridgehead atoms. The van der Waals surface area contributed by atoms with Crippen molar-refractivity contribution in [3.05, 3.63) is 147 Å². The Hall–Kier alpha value is 17.6. The first-order valence-corrected chi connectivity index (χ1v) is 121. The van der Waals surface area contributed by atoms with Gasteiger partial charge in [0, 0.05) is 50.3 Å². The molecule has 8 aromatic rings. The number of nitrogens with zero attached hydrogens (tertiary/aromatic N) is 12. The van der Waals surface area contributed by atoms with Crippen molar-refractivity contribution in [2.75, 3.05) is 12.8 Å². The average molecular weight is 1600 g/mol. The van der Waals surface area contributed by atoms with Crippen molar-refractivity contribution in [2.24, 2.45) is 0 Å². The zero-order valence-corrected chi connectivity index (χ0v) is 97.4. The summed E-state index contributed by atoms with van der Waals surface area (Å²) in [5.41, 5.74) is 9.46. The number of nitrogens with one attached hydrogen (secondary N) is 2. The molecule has 20 nitrogen and oxygen atoms in total. The zero-order valence-electron chi connectivity index (χ0n) is 48.0. The summed E-state index contributed by atoms with van der Waals surface area (Å²) in [6, 6.07) is 11.7. The molecule has 0 aliphatic rings. The number of aromatic amines is 2. The molecule has 0 unspecified atom stereocenters. The molecule has 0 saturated carbocycles. The van der Waals surface area contributed by atoms with Gasteiger partial charge < -0.3 is 24.7 Å². The van der Waals surface area contributed by atoms with Crippen LogP contribution in [0.3, 0.4) is 0 Å². The van der Waals surface area contributed by atoms with Crippen LogP contribution in [-0.2, 0) is 0 Å². The molecule has 74 heavy (non-hydrogen) atoms. The molecule has 4 N–H and O–H groups in total. The van der Waals surface area contributed by atoms with Gasteiger partial charge in [0.15, 0.2) is 21.9 Å². The standard InChI is InChI=1S/C8H6ClN3O.C8H7N3O.C7H4BrN3O.C6H2BrN3O2.C6H4BrN3.15K.3H/c1-13-5-2-6-7(10-3-5)8(9)12-4-11-6;1-5-2-6-7(9-3-5)8(12)11-4-10-6;8-4-1-5-6(9-2-4)7(12)11-3-10-5;7-4-1-6(10(11)12)5(2-8)9-3-4;7-4-1-5(9)6(2-8)10-3-4;;;;;;;;;;;;;;;;;;/h2-4H,1H3;2-4H,1H3,(H,10,11,12);1-3H,(H,10,11,12);1,3H;1,3H,9H2;;;;;;;;;;;;;;;;;;/q;;;;;;;;;;;;;;;;;3*+1;3*-1. The van der Waals surface area contributed by atoms with E-state index in [9.17, 15) is 19.7 Å². The third-order valence-electron chi connectivity index (χ3n) is 6.84. The molecule has 0 aliphatic heterocycles. The normalized spacial score (nSPS) is 8.49. The number of pyridine rings is 5. The fraction of sp³-hybridized carbons (Fsp3) is 0.0571. The number of nitrogens with two attached hydrogens (primary N) is 1. The predicted molar refractivity (Wildman–Crippen MR) is 298 cm³/mol. The number of H-pyrrole nitrogens is 2. The Bertz CT molecular complexity index is 2980. The summed E-state index contributed by atoms with van der Waals surface area (Å²) < 4.78 is 7.07. The first-order chi connectivity index (χ1) is 34.2. The summed E-state index contributed by atoms with van der Waals surface area (Å²) in [5, 5.41) is 27.5. The molecule has 0 aliphatic carbocycles. The van der Waals surface area contributed by atoms with Gasteiger partial charge in [-0.3, -0.25) is 19.7 Å². The fourth-order valence-corrected chi connectivity index (χ4v) is 5.37. The van der Waals surface area contributed by atoms with Crippen LogP contribution in [0.15, 0.2) is 103 Å². The Balaban J connectivity index is -0.000000100. The number of aryl methyl sites for hydroxylation is 1. The summed E-state index contributed by atoms with van der Waals surface area (Å²) in [6.07, 6.45) is 11.8. The Morgan fingerprint density at radius 1 is 0.622 bits per heavy atom. The molecule has 0 fully saturated rings. The van der Waals surface area contributed by atoms with Crippen molar-refractivity contribution in [1.82, 2.24) is 54.8 Å². The van der Waals surface area contributed by atoms with Crippen molar-refractivity contribution in [1.29, 1.82) is 10.5 Å². The van der Waals surface area contributed by atoms with Crippen LogP contribution in [0.5, 0.6) is 5.75 Å². The average Bonchev–Trinajstić information content (AvgIpc) is 3.40. The van der Waals surface area contributed by atoms with Crippen molar-refractivity contribution in [3.8, 4) is 17.9 Å². The molecule has 39 heteroatoms. The maximum absolute atomic E-state index is 11.1. The first kappa shape index (κ1) is 103. The van der Waals surface area contributed by atoms with Crippen molar-refractivity contribution < 1.29 is 168 Å². The van der Waals surface area contributed by atoms with Gasteiger partial charge in [0.25, 0.3) is 11.1 Å². The minimum absolute atomic E-state index is 0. The number of nitriles is 2. The number of halogens is 4. The van der Waals surface area contributed by atoms with E-state index in [2.05, 4.69) is 103 Å². The molecule has 8 aromatic heterocycles. The number of hydrogen-bond acceptors (Lipinski definition) is 17. The number of ether oxygens (including phenoxy) is 1. The summed E-state index contributed by atoms with van der Waals surface area (Å²) in [4.78, 5) is 71.9. The van der Waals surface area contributed by atoms with Crippen LogP contribution in [0, 0.1) is 39.7 Å². The summed E-state index contributed by atoms with van der Waals surface area (Å²) in [5.74, 6) is 0.655. The summed E-state index contributed by atoms with van der Waals surface area (Å²) in [7, 11) is 1.58. The van der Waals surface area contributed by atoms with E-state index in [1.807, 2.05) is 19.1 Å². The van der Waals surface area contributed by atoms with E-state index in [-0.39, 0.29) is 187 Å². The van der Waals surface area contributed by atoms with Crippen LogP contribution in [0.4, 0.5) is 11.4 Å². The third kappa shape index (κ3) is 46.8. The zero-order chi connectivity index (χ0) is 55.1. The van der Waals surface area contributed by atoms with Gasteiger partial charge in [0.2, 0.25) is 5.69 Å². The molecular weight excluding hydrogens is 1570 g/mol. The number of nitro groups is 1. The second-order valence-corrected chi connectivity index (χ2v) is 14.0. The summed E-state index contributed by atoms with van der Waals surface area (Å²) in [6.45, 7) is 1.91. The van der Waals surface area contributed by atoms with E-state index in [1.54, 1.807) is 50.0 Å². The van der Waals surface area contributed by atoms with Gasteiger partial charge in [0.1, 0.15) is 29.7 Å². The van der Waals surface area contributed by atoms with Crippen molar-refractivity contribution in [2.45, 2.75) is 6.92 Å². The van der Waals surface area contributed by atoms with E-state index in [4.69, 9.17) is 32.6 Å². The van der Waals surface area contributed by atoms with E-state index in [1.165, 1.54) is 416 Å². The number of anilines is 1. The Kier molecular flexibility index (Phi) is 97.8. The minimum atomic E-state index is -0.643. The quantitative estimate of drug-likeness (QED) is 0.0627. The van der Waals surface area contributed by atoms with E-state index in [0.29, 0.717) is 54.2 Å².